The number of allylic oxidation sites excluding steroid dienone is 1. The number of amides is 1. The fourth-order valence-electron chi connectivity index (χ4n) is 3.35. The zero-order valence-electron chi connectivity index (χ0n) is 12.9. The van der Waals surface area contributed by atoms with Crippen LogP contribution in [0.15, 0.2) is 72.8 Å². The quantitative estimate of drug-likeness (QED) is 0.753. The molecule has 0 aliphatic carbocycles. The van der Waals surface area contributed by atoms with Crippen LogP contribution in [-0.4, -0.2) is 10.8 Å². The second kappa shape index (κ2) is 6.61. The van der Waals surface area contributed by atoms with E-state index in [0.717, 1.165) is 12.8 Å². The van der Waals surface area contributed by atoms with E-state index in [1.54, 1.807) is 6.08 Å². The SMILES string of the molecule is CC=CC(=O)N1[C@H](c2ccccc2)CC[C@H]1c1ccccc1. The zero-order valence-corrected chi connectivity index (χ0v) is 12.9. The lowest BCUT2D eigenvalue weighted by Crippen LogP contribution is -2.31. The molecule has 0 bridgehead atoms. The molecule has 0 N–H and O–H groups in total. The van der Waals surface area contributed by atoms with Crippen molar-refractivity contribution in [3.8, 4) is 0 Å². The first-order chi connectivity index (χ1) is 10.8. The lowest BCUT2D eigenvalue weighted by Gasteiger charge is -2.30. The molecule has 2 atom stereocenters. The molecule has 112 valence electrons. The molecule has 3 rings (SSSR count). The Bertz CT molecular complexity index is 600. The van der Waals surface area contributed by atoms with Gasteiger partial charge in [0.05, 0.1) is 12.1 Å². The molecule has 2 heteroatoms. The van der Waals surface area contributed by atoms with Crippen molar-refractivity contribution in [3.05, 3.63) is 83.9 Å². The summed E-state index contributed by atoms with van der Waals surface area (Å²) in [6.45, 7) is 1.89. The minimum absolute atomic E-state index is 0.0997. The van der Waals surface area contributed by atoms with Crippen LogP contribution in [0.4, 0.5) is 0 Å². The summed E-state index contributed by atoms with van der Waals surface area (Å²) in [5.74, 6) is 0.0997. The van der Waals surface area contributed by atoms with E-state index < -0.39 is 0 Å². The first kappa shape index (κ1) is 14.6. The lowest BCUT2D eigenvalue weighted by molar-refractivity contribution is -0.129. The van der Waals surface area contributed by atoms with Crippen LogP contribution in [0.2, 0.25) is 0 Å². The normalized spacial score (nSPS) is 21.4. The summed E-state index contributed by atoms with van der Waals surface area (Å²) in [6, 6.07) is 21.0. The van der Waals surface area contributed by atoms with E-state index in [1.165, 1.54) is 11.1 Å². The van der Waals surface area contributed by atoms with Crippen LogP contribution >= 0.6 is 0 Å². The van der Waals surface area contributed by atoms with E-state index in [1.807, 2.05) is 54.3 Å². The number of benzene rings is 2. The van der Waals surface area contributed by atoms with Gasteiger partial charge in [0.1, 0.15) is 0 Å². The average molecular weight is 291 g/mol. The van der Waals surface area contributed by atoms with Gasteiger partial charge in [-0.05, 0) is 37.0 Å². The fourth-order valence-corrected chi connectivity index (χ4v) is 3.35. The maximum atomic E-state index is 12.7. The summed E-state index contributed by atoms with van der Waals surface area (Å²) in [4.78, 5) is 14.7. The molecule has 2 aromatic carbocycles. The van der Waals surface area contributed by atoms with E-state index >= 15 is 0 Å². The Morgan fingerprint density at radius 2 is 1.36 bits per heavy atom. The number of carbonyl (C=O) groups excluding carboxylic acids is 1. The Morgan fingerprint density at radius 1 is 0.909 bits per heavy atom. The number of hydrogen-bond donors (Lipinski definition) is 0. The van der Waals surface area contributed by atoms with Gasteiger partial charge in [-0.25, -0.2) is 0 Å². The van der Waals surface area contributed by atoms with Gasteiger partial charge in [0.2, 0.25) is 5.91 Å². The van der Waals surface area contributed by atoms with E-state index in [-0.39, 0.29) is 18.0 Å². The minimum atomic E-state index is 0.0997. The summed E-state index contributed by atoms with van der Waals surface area (Å²) in [5, 5.41) is 0. The highest BCUT2D eigenvalue weighted by molar-refractivity contribution is 5.88. The number of likely N-dealkylation sites (tertiary alicyclic amines) is 1. The lowest BCUT2D eigenvalue weighted by atomic mass is 10.0. The van der Waals surface area contributed by atoms with Crippen molar-refractivity contribution in [2.24, 2.45) is 0 Å². The van der Waals surface area contributed by atoms with Gasteiger partial charge in [-0.15, -0.1) is 0 Å². The molecule has 1 saturated heterocycles. The van der Waals surface area contributed by atoms with Crippen molar-refractivity contribution in [2.75, 3.05) is 0 Å². The third kappa shape index (κ3) is 2.82. The van der Waals surface area contributed by atoms with Crippen molar-refractivity contribution in [2.45, 2.75) is 31.8 Å². The van der Waals surface area contributed by atoms with Crippen molar-refractivity contribution in [1.29, 1.82) is 0 Å². The molecule has 0 aromatic heterocycles. The molecular weight excluding hydrogens is 270 g/mol. The first-order valence-electron chi connectivity index (χ1n) is 7.86. The number of nitrogens with zero attached hydrogens (tertiary/aromatic N) is 1. The summed E-state index contributed by atoms with van der Waals surface area (Å²) in [7, 11) is 0. The molecule has 1 fully saturated rings. The van der Waals surface area contributed by atoms with Gasteiger partial charge >= 0.3 is 0 Å². The molecule has 1 amide bonds. The largest absolute Gasteiger partial charge is 0.325 e. The Morgan fingerprint density at radius 3 is 1.77 bits per heavy atom. The molecule has 2 aromatic rings. The van der Waals surface area contributed by atoms with Crippen molar-refractivity contribution >= 4 is 5.91 Å². The predicted octanol–water partition coefficient (Wildman–Crippen LogP) is 4.67. The Labute approximate surface area is 132 Å². The van der Waals surface area contributed by atoms with Gasteiger partial charge in [-0.3, -0.25) is 4.79 Å². The minimum Gasteiger partial charge on any atom is -0.325 e. The standard InChI is InChI=1S/C20H21NO/c1-2-9-20(22)21-18(16-10-5-3-6-11-16)14-15-19(21)17-12-7-4-8-13-17/h2-13,18-19H,14-15H2,1H3/t18-,19-/m0/s1. The summed E-state index contributed by atoms with van der Waals surface area (Å²) in [6.07, 6.45) is 5.52. The van der Waals surface area contributed by atoms with Gasteiger partial charge in [0, 0.05) is 0 Å². The van der Waals surface area contributed by atoms with E-state index in [4.69, 9.17) is 0 Å². The maximum absolute atomic E-state index is 12.7. The molecular formula is C20H21NO. The molecule has 1 aliphatic rings. The van der Waals surface area contributed by atoms with Crippen LogP contribution in [0.25, 0.3) is 0 Å². The Balaban J connectivity index is 1.97. The van der Waals surface area contributed by atoms with E-state index in [9.17, 15) is 4.79 Å². The second-order valence-electron chi connectivity index (χ2n) is 5.68. The third-order valence-corrected chi connectivity index (χ3v) is 4.32. The molecule has 0 unspecified atom stereocenters. The smallest absolute Gasteiger partial charge is 0.247 e. The average Bonchev–Trinajstić information content (AvgIpc) is 3.02. The molecule has 22 heavy (non-hydrogen) atoms. The topological polar surface area (TPSA) is 20.3 Å². The zero-order chi connectivity index (χ0) is 15.4. The molecule has 0 radical (unpaired) electrons. The summed E-state index contributed by atoms with van der Waals surface area (Å²) in [5.41, 5.74) is 2.44. The van der Waals surface area contributed by atoms with Gasteiger partial charge in [0.15, 0.2) is 0 Å². The summed E-state index contributed by atoms with van der Waals surface area (Å²) >= 11 is 0. The summed E-state index contributed by atoms with van der Waals surface area (Å²) < 4.78 is 0. The van der Waals surface area contributed by atoms with Crippen LogP contribution in [0, 0.1) is 0 Å². The van der Waals surface area contributed by atoms with Crippen molar-refractivity contribution in [1.82, 2.24) is 4.90 Å². The molecule has 2 nitrogen and oxygen atoms in total. The third-order valence-electron chi connectivity index (χ3n) is 4.32. The van der Waals surface area contributed by atoms with Crippen molar-refractivity contribution in [3.63, 3.8) is 0 Å². The van der Waals surface area contributed by atoms with Gasteiger partial charge in [-0.1, -0.05) is 66.7 Å². The fraction of sp³-hybridized carbons (Fsp3) is 0.250. The molecule has 0 saturated carbocycles. The van der Waals surface area contributed by atoms with E-state index in [2.05, 4.69) is 24.3 Å². The highest BCUT2D eigenvalue weighted by Gasteiger charge is 2.37. The van der Waals surface area contributed by atoms with Crippen molar-refractivity contribution < 1.29 is 4.79 Å². The number of carbonyl (C=O) groups is 1. The first-order valence-corrected chi connectivity index (χ1v) is 7.86. The molecule has 0 spiro atoms. The van der Waals surface area contributed by atoms with Crippen LogP contribution in [0.3, 0.4) is 0 Å². The predicted molar refractivity (Wildman–Crippen MR) is 89.3 cm³/mol. The van der Waals surface area contributed by atoms with E-state index in [0.29, 0.717) is 0 Å². The Kier molecular flexibility index (Phi) is 4.38. The number of hydrogen-bond acceptors (Lipinski definition) is 1. The highest BCUT2D eigenvalue weighted by atomic mass is 16.2. The van der Waals surface area contributed by atoms with Gasteiger partial charge < -0.3 is 4.90 Å². The monoisotopic (exact) mass is 291 g/mol. The van der Waals surface area contributed by atoms with Crippen LogP contribution in [-0.2, 0) is 4.79 Å². The number of rotatable bonds is 3. The molecule has 1 heterocycles. The molecule has 1 aliphatic heterocycles. The van der Waals surface area contributed by atoms with Crippen LogP contribution in [0.5, 0.6) is 0 Å². The Hall–Kier alpha value is -2.35. The highest BCUT2D eigenvalue weighted by Crippen LogP contribution is 2.43. The van der Waals surface area contributed by atoms with Gasteiger partial charge in [0.25, 0.3) is 0 Å². The second-order valence-corrected chi connectivity index (χ2v) is 5.68. The van der Waals surface area contributed by atoms with Crippen LogP contribution < -0.4 is 0 Å². The van der Waals surface area contributed by atoms with Gasteiger partial charge in [-0.2, -0.15) is 0 Å². The van der Waals surface area contributed by atoms with Crippen LogP contribution in [0.1, 0.15) is 43.0 Å². The maximum Gasteiger partial charge on any atom is 0.247 e.